The first kappa shape index (κ1) is 14.9. The van der Waals surface area contributed by atoms with E-state index in [1.165, 1.54) is 4.52 Å². The molecule has 0 aliphatic rings. The second kappa shape index (κ2) is 5.33. The van der Waals surface area contributed by atoms with Crippen LogP contribution in [0.3, 0.4) is 0 Å². The van der Waals surface area contributed by atoms with Crippen molar-refractivity contribution >= 4 is 37.4 Å². The van der Waals surface area contributed by atoms with Crippen LogP contribution in [-0.2, 0) is 10.0 Å². The van der Waals surface area contributed by atoms with Crippen LogP contribution in [0, 0.1) is 13.8 Å². The summed E-state index contributed by atoms with van der Waals surface area (Å²) in [5, 5.41) is 3.66. The number of rotatable bonds is 3. The smallest absolute Gasteiger partial charge is 0.276 e. The summed E-state index contributed by atoms with van der Waals surface area (Å²) in [6.07, 6.45) is 3.27. The lowest BCUT2D eigenvalue weighted by Crippen LogP contribution is -2.16. The topological polar surface area (TPSA) is 89.2 Å². The van der Waals surface area contributed by atoms with Gasteiger partial charge in [0.05, 0.1) is 5.69 Å². The number of anilines is 1. The van der Waals surface area contributed by atoms with Crippen molar-refractivity contribution in [3.05, 3.63) is 46.2 Å². The van der Waals surface area contributed by atoms with Gasteiger partial charge in [0.1, 0.15) is 0 Å². The predicted molar refractivity (Wildman–Crippen MR) is 85.2 cm³/mol. The lowest BCUT2D eigenvalue weighted by Gasteiger charge is -2.09. The molecule has 2 aromatic heterocycles. The third-order valence-corrected chi connectivity index (χ3v) is 4.79. The van der Waals surface area contributed by atoms with Gasteiger partial charge in [-0.2, -0.15) is 13.4 Å². The number of aromatic nitrogens is 4. The first-order chi connectivity index (χ1) is 10.4. The normalized spacial score (nSPS) is 11.8. The Morgan fingerprint density at radius 1 is 1.27 bits per heavy atom. The van der Waals surface area contributed by atoms with Gasteiger partial charge in [0.2, 0.25) is 0 Å². The predicted octanol–water partition coefficient (Wildman–Crippen LogP) is 2.30. The van der Waals surface area contributed by atoms with Gasteiger partial charge in [-0.05, 0) is 47.0 Å². The van der Waals surface area contributed by atoms with E-state index in [4.69, 9.17) is 0 Å². The summed E-state index contributed by atoms with van der Waals surface area (Å²) in [7, 11) is -3.90. The van der Waals surface area contributed by atoms with Gasteiger partial charge in [-0.15, -0.1) is 5.10 Å². The Bertz CT molecular complexity index is 947. The van der Waals surface area contributed by atoms with Crippen molar-refractivity contribution in [2.45, 2.75) is 19.0 Å². The van der Waals surface area contributed by atoms with Crippen molar-refractivity contribution in [3.63, 3.8) is 0 Å². The maximum absolute atomic E-state index is 12.5. The van der Waals surface area contributed by atoms with Crippen LogP contribution >= 0.6 is 15.9 Å². The lowest BCUT2D eigenvalue weighted by molar-refractivity contribution is 0.592. The summed E-state index contributed by atoms with van der Waals surface area (Å²) < 4.78 is 29.4. The average molecular weight is 382 g/mol. The highest BCUT2D eigenvalue weighted by Gasteiger charge is 2.22. The Hall–Kier alpha value is -2.00. The summed E-state index contributed by atoms with van der Waals surface area (Å²) in [6.45, 7) is 3.65. The van der Waals surface area contributed by atoms with E-state index < -0.39 is 10.0 Å². The van der Waals surface area contributed by atoms with E-state index in [2.05, 4.69) is 35.7 Å². The molecule has 2 heterocycles. The largest absolute Gasteiger partial charge is 0.299 e. The molecule has 0 aliphatic carbocycles. The number of fused-ring (bicyclic) bond motifs is 1. The van der Waals surface area contributed by atoms with Crippen LogP contribution in [0.2, 0.25) is 0 Å². The summed E-state index contributed by atoms with van der Waals surface area (Å²) >= 11 is 3.33. The first-order valence-electron chi connectivity index (χ1n) is 6.34. The van der Waals surface area contributed by atoms with Gasteiger partial charge in [0, 0.05) is 16.9 Å². The average Bonchev–Trinajstić information content (AvgIpc) is 2.87. The Morgan fingerprint density at radius 2 is 2.05 bits per heavy atom. The van der Waals surface area contributed by atoms with E-state index in [0.29, 0.717) is 10.2 Å². The first-order valence-corrected chi connectivity index (χ1v) is 8.61. The van der Waals surface area contributed by atoms with Crippen molar-refractivity contribution in [2.24, 2.45) is 0 Å². The molecule has 0 bridgehead atoms. The second-order valence-electron chi connectivity index (χ2n) is 4.81. The summed E-state index contributed by atoms with van der Waals surface area (Å²) in [6, 6.07) is 5.39. The second-order valence-corrected chi connectivity index (χ2v) is 7.24. The number of halogens is 1. The molecule has 3 aromatic rings. The molecule has 0 spiro atoms. The molecular formula is C13H12BrN5O2S. The van der Waals surface area contributed by atoms with Gasteiger partial charge < -0.3 is 0 Å². The molecule has 0 radical (unpaired) electrons. The van der Waals surface area contributed by atoms with E-state index in [1.54, 1.807) is 18.5 Å². The number of para-hydroxylation sites is 1. The molecule has 1 N–H and O–H groups in total. The molecule has 0 saturated carbocycles. The maximum atomic E-state index is 12.5. The third kappa shape index (κ3) is 2.69. The van der Waals surface area contributed by atoms with E-state index in [-0.39, 0.29) is 10.9 Å². The minimum atomic E-state index is -3.90. The van der Waals surface area contributed by atoms with Crippen LogP contribution in [0.25, 0.3) is 5.78 Å². The minimum absolute atomic E-state index is 0.231. The molecular weight excluding hydrogens is 370 g/mol. The molecule has 0 unspecified atom stereocenters. The van der Waals surface area contributed by atoms with Crippen molar-refractivity contribution in [1.29, 1.82) is 0 Å². The van der Waals surface area contributed by atoms with E-state index in [9.17, 15) is 8.42 Å². The quantitative estimate of drug-likeness (QED) is 0.751. The SMILES string of the molecule is Cc1cnc2nc(S(=O)(=O)Nc3c(C)cccc3Br)nn2c1. The third-order valence-electron chi connectivity index (χ3n) is 3.00. The zero-order chi connectivity index (χ0) is 15.9. The summed E-state index contributed by atoms with van der Waals surface area (Å²) in [4.78, 5) is 8.00. The zero-order valence-corrected chi connectivity index (χ0v) is 14.2. The Morgan fingerprint density at radius 3 is 2.77 bits per heavy atom. The van der Waals surface area contributed by atoms with Crippen molar-refractivity contribution in [3.8, 4) is 0 Å². The fourth-order valence-electron chi connectivity index (χ4n) is 1.91. The number of hydrogen-bond donors (Lipinski definition) is 1. The monoisotopic (exact) mass is 381 g/mol. The lowest BCUT2D eigenvalue weighted by atomic mass is 10.2. The van der Waals surface area contributed by atoms with Gasteiger partial charge >= 0.3 is 0 Å². The van der Waals surface area contributed by atoms with Crippen LogP contribution < -0.4 is 4.72 Å². The fraction of sp³-hybridized carbons (Fsp3) is 0.154. The zero-order valence-electron chi connectivity index (χ0n) is 11.8. The van der Waals surface area contributed by atoms with Crippen LogP contribution in [-0.4, -0.2) is 28.0 Å². The van der Waals surface area contributed by atoms with Gasteiger partial charge in [0.25, 0.3) is 21.0 Å². The Kier molecular flexibility index (Phi) is 3.61. The van der Waals surface area contributed by atoms with E-state index in [1.807, 2.05) is 26.0 Å². The van der Waals surface area contributed by atoms with Gasteiger partial charge in [-0.3, -0.25) is 4.72 Å². The number of aryl methyl sites for hydroxylation is 2. The molecule has 0 amide bonds. The molecule has 0 atom stereocenters. The summed E-state index contributed by atoms with van der Waals surface area (Å²) in [5.41, 5.74) is 2.11. The number of hydrogen-bond acceptors (Lipinski definition) is 5. The van der Waals surface area contributed by atoms with Crippen LogP contribution in [0.4, 0.5) is 5.69 Å². The molecule has 114 valence electrons. The number of benzene rings is 1. The molecule has 1 aromatic carbocycles. The minimum Gasteiger partial charge on any atom is -0.276 e. The molecule has 22 heavy (non-hydrogen) atoms. The highest BCUT2D eigenvalue weighted by atomic mass is 79.9. The standard InChI is InChI=1S/C13H12BrN5O2S/c1-8-6-15-12-16-13(17-19(12)7-8)22(20,21)18-11-9(2)4-3-5-10(11)14/h3-7,18H,1-2H3. The highest BCUT2D eigenvalue weighted by molar-refractivity contribution is 9.10. The van der Waals surface area contributed by atoms with E-state index >= 15 is 0 Å². The van der Waals surface area contributed by atoms with Crippen LogP contribution in [0.5, 0.6) is 0 Å². The molecule has 0 aliphatic heterocycles. The molecule has 0 fully saturated rings. The Balaban J connectivity index is 2.05. The number of nitrogens with zero attached hydrogens (tertiary/aromatic N) is 4. The van der Waals surface area contributed by atoms with E-state index in [0.717, 1.165) is 11.1 Å². The molecule has 0 saturated heterocycles. The highest BCUT2D eigenvalue weighted by Crippen LogP contribution is 2.27. The summed E-state index contributed by atoms with van der Waals surface area (Å²) in [5.74, 6) is 0.231. The van der Waals surface area contributed by atoms with Crippen molar-refractivity contribution in [1.82, 2.24) is 19.6 Å². The van der Waals surface area contributed by atoms with Gasteiger partial charge in [-0.1, -0.05) is 12.1 Å². The number of nitrogens with one attached hydrogen (secondary N) is 1. The maximum Gasteiger partial charge on any atom is 0.299 e. The molecule has 9 heteroatoms. The van der Waals surface area contributed by atoms with Crippen LogP contribution in [0.1, 0.15) is 11.1 Å². The molecule has 7 nitrogen and oxygen atoms in total. The number of sulfonamides is 1. The van der Waals surface area contributed by atoms with Crippen molar-refractivity contribution < 1.29 is 8.42 Å². The fourth-order valence-corrected chi connectivity index (χ4v) is 3.64. The van der Waals surface area contributed by atoms with Gasteiger partial charge in [0.15, 0.2) is 0 Å². The van der Waals surface area contributed by atoms with Crippen molar-refractivity contribution in [2.75, 3.05) is 4.72 Å². The van der Waals surface area contributed by atoms with Crippen LogP contribution in [0.15, 0.2) is 40.2 Å². The van der Waals surface area contributed by atoms with Gasteiger partial charge in [-0.25, -0.2) is 9.50 Å². The molecule has 3 rings (SSSR count). The Labute approximate surface area is 135 Å².